The molecule has 0 saturated heterocycles. The molecule has 0 aliphatic carbocycles. The first-order valence-electron chi connectivity index (χ1n) is 9.63. The highest BCUT2D eigenvalue weighted by atomic mass is 16.5. The summed E-state index contributed by atoms with van der Waals surface area (Å²) in [4.78, 5) is 24.4. The van der Waals surface area contributed by atoms with Crippen molar-refractivity contribution in [2.75, 3.05) is 6.61 Å². The second-order valence-corrected chi connectivity index (χ2v) is 7.14. The molecule has 6 heteroatoms. The zero-order valence-corrected chi connectivity index (χ0v) is 16.4. The standard InChI is InChI=1S/C24H21NO5/c1-15(19-8-4-6-16-5-2-3-7-20(16)19)25-23(27)14-30-24(28)11-17-13-29-22-12-18(26)9-10-21(17)22/h2-10,12-13,15,26H,11,14H2,1H3,(H,25,27)/t15-/m0/s1. The van der Waals surface area contributed by atoms with Crippen molar-refractivity contribution in [3.8, 4) is 5.75 Å². The molecule has 1 heterocycles. The van der Waals surface area contributed by atoms with Gasteiger partial charge in [0.15, 0.2) is 6.61 Å². The molecule has 4 aromatic rings. The summed E-state index contributed by atoms with van der Waals surface area (Å²) in [5.74, 6) is -0.813. The van der Waals surface area contributed by atoms with Crippen molar-refractivity contribution in [3.05, 3.63) is 78.1 Å². The fourth-order valence-corrected chi connectivity index (χ4v) is 3.55. The molecule has 30 heavy (non-hydrogen) atoms. The van der Waals surface area contributed by atoms with Gasteiger partial charge in [-0.25, -0.2) is 0 Å². The van der Waals surface area contributed by atoms with E-state index >= 15 is 0 Å². The maximum absolute atomic E-state index is 12.3. The zero-order chi connectivity index (χ0) is 21.1. The topological polar surface area (TPSA) is 88.8 Å². The number of ether oxygens (including phenoxy) is 1. The fourth-order valence-electron chi connectivity index (χ4n) is 3.55. The van der Waals surface area contributed by atoms with Gasteiger partial charge in [-0.05, 0) is 35.4 Å². The molecule has 6 nitrogen and oxygen atoms in total. The van der Waals surface area contributed by atoms with E-state index in [4.69, 9.17) is 9.15 Å². The van der Waals surface area contributed by atoms with Crippen LogP contribution in [0.1, 0.15) is 24.1 Å². The van der Waals surface area contributed by atoms with Gasteiger partial charge in [0.25, 0.3) is 5.91 Å². The summed E-state index contributed by atoms with van der Waals surface area (Å²) >= 11 is 0. The summed E-state index contributed by atoms with van der Waals surface area (Å²) in [6.07, 6.45) is 1.43. The van der Waals surface area contributed by atoms with E-state index in [-0.39, 0.29) is 30.7 Å². The first-order chi connectivity index (χ1) is 14.5. The fraction of sp³-hybridized carbons (Fsp3) is 0.167. The van der Waals surface area contributed by atoms with E-state index < -0.39 is 5.97 Å². The van der Waals surface area contributed by atoms with Crippen LogP contribution in [0.25, 0.3) is 21.7 Å². The third kappa shape index (κ3) is 4.12. The van der Waals surface area contributed by atoms with Gasteiger partial charge in [0.05, 0.1) is 18.7 Å². The van der Waals surface area contributed by atoms with Gasteiger partial charge >= 0.3 is 5.97 Å². The molecule has 152 valence electrons. The molecular formula is C24H21NO5. The Morgan fingerprint density at radius 2 is 1.87 bits per heavy atom. The molecule has 1 aromatic heterocycles. The van der Waals surface area contributed by atoms with Crippen LogP contribution < -0.4 is 5.32 Å². The summed E-state index contributed by atoms with van der Waals surface area (Å²) in [6, 6.07) is 18.4. The molecule has 4 rings (SSSR count). The van der Waals surface area contributed by atoms with E-state index in [2.05, 4.69) is 5.32 Å². The Morgan fingerprint density at radius 3 is 2.73 bits per heavy atom. The molecule has 0 radical (unpaired) electrons. The average Bonchev–Trinajstić information content (AvgIpc) is 3.13. The van der Waals surface area contributed by atoms with Crippen LogP contribution >= 0.6 is 0 Å². The lowest BCUT2D eigenvalue weighted by molar-refractivity contribution is -0.148. The number of phenolic OH excluding ortho intramolecular Hbond substituents is 1. The van der Waals surface area contributed by atoms with Crippen LogP contribution in [-0.4, -0.2) is 23.6 Å². The number of hydrogen-bond donors (Lipinski definition) is 2. The summed E-state index contributed by atoms with van der Waals surface area (Å²) in [6.45, 7) is 1.54. The maximum atomic E-state index is 12.3. The van der Waals surface area contributed by atoms with Gasteiger partial charge in [0.1, 0.15) is 11.3 Å². The van der Waals surface area contributed by atoms with Crippen LogP contribution in [-0.2, 0) is 20.7 Å². The third-order valence-corrected chi connectivity index (χ3v) is 5.01. The Balaban J connectivity index is 1.34. The molecule has 0 aliphatic heterocycles. The molecular weight excluding hydrogens is 382 g/mol. The Morgan fingerprint density at radius 1 is 1.07 bits per heavy atom. The first kappa shape index (κ1) is 19.5. The second-order valence-electron chi connectivity index (χ2n) is 7.14. The Bertz CT molecular complexity index is 1220. The van der Waals surface area contributed by atoms with Crippen molar-refractivity contribution in [3.63, 3.8) is 0 Å². The van der Waals surface area contributed by atoms with E-state index in [1.807, 2.05) is 49.4 Å². The predicted molar refractivity (Wildman–Crippen MR) is 113 cm³/mol. The Hall–Kier alpha value is -3.80. The minimum absolute atomic E-state index is 0.0239. The normalized spacial score (nSPS) is 12.0. The number of furan rings is 1. The van der Waals surface area contributed by atoms with Gasteiger partial charge in [-0.2, -0.15) is 0 Å². The lowest BCUT2D eigenvalue weighted by Gasteiger charge is -2.16. The van der Waals surface area contributed by atoms with Crippen LogP contribution in [0.3, 0.4) is 0 Å². The molecule has 3 aromatic carbocycles. The number of carbonyl (C=O) groups is 2. The van der Waals surface area contributed by atoms with Gasteiger partial charge < -0.3 is 19.6 Å². The first-order valence-corrected chi connectivity index (χ1v) is 9.63. The zero-order valence-electron chi connectivity index (χ0n) is 16.4. The number of benzene rings is 3. The summed E-state index contributed by atoms with van der Waals surface area (Å²) in [5, 5.41) is 15.3. The molecule has 0 aliphatic rings. The Kier molecular flexibility index (Phi) is 5.39. The largest absolute Gasteiger partial charge is 0.508 e. The molecule has 0 unspecified atom stereocenters. The lowest BCUT2D eigenvalue weighted by Crippen LogP contribution is -2.31. The quantitative estimate of drug-likeness (QED) is 0.470. The number of nitrogens with one attached hydrogen (secondary N) is 1. The average molecular weight is 403 g/mol. The van der Waals surface area contributed by atoms with E-state index in [1.165, 1.54) is 18.4 Å². The molecule has 1 amide bonds. The number of rotatable bonds is 6. The van der Waals surface area contributed by atoms with Crippen LogP contribution in [0.4, 0.5) is 0 Å². The van der Waals surface area contributed by atoms with Crippen LogP contribution in [0.15, 0.2) is 71.3 Å². The van der Waals surface area contributed by atoms with Gasteiger partial charge in [-0.1, -0.05) is 42.5 Å². The van der Waals surface area contributed by atoms with Crippen molar-refractivity contribution < 1.29 is 23.8 Å². The van der Waals surface area contributed by atoms with Crippen molar-refractivity contribution in [2.24, 2.45) is 0 Å². The number of hydrogen-bond acceptors (Lipinski definition) is 5. The minimum Gasteiger partial charge on any atom is -0.508 e. The number of aromatic hydroxyl groups is 1. The summed E-state index contributed by atoms with van der Waals surface area (Å²) in [7, 11) is 0. The Labute approximate surface area is 173 Å². The van der Waals surface area contributed by atoms with Crippen LogP contribution in [0, 0.1) is 0 Å². The highest BCUT2D eigenvalue weighted by molar-refractivity contribution is 5.89. The monoisotopic (exact) mass is 403 g/mol. The summed E-state index contributed by atoms with van der Waals surface area (Å²) < 4.78 is 10.5. The smallest absolute Gasteiger partial charge is 0.310 e. The highest BCUT2D eigenvalue weighted by Crippen LogP contribution is 2.26. The third-order valence-electron chi connectivity index (χ3n) is 5.01. The van der Waals surface area contributed by atoms with E-state index in [0.29, 0.717) is 11.1 Å². The van der Waals surface area contributed by atoms with Crippen LogP contribution in [0.5, 0.6) is 5.75 Å². The van der Waals surface area contributed by atoms with Crippen molar-refractivity contribution >= 4 is 33.6 Å². The lowest BCUT2D eigenvalue weighted by atomic mass is 10.00. The summed E-state index contributed by atoms with van der Waals surface area (Å²) in [5.41, 5.74) is 2.12. The SMILES string of the molecule is C[C@H](NC(=O)COC(=O)Cc1coc2cc(O)ccc12)c1cccc2ccccc12. The van der Waals surface area contributed by atoms with Crippen molar-refractivity contribution in [2.45, 2.75) is 19.4 Å². The van der Waals surface area contributed by atoms with Gasteiger partial charge in [0, 0.05) is 17.0 Å². The van der Waals surface area contributed by atoms with Crippen molar-refractivity contribution in [1.82, 2.24) is 5.32 Å². The molecule has 0 saturated carbocycles. The molecule has 2 N–H and O–H groups in total. The number of phenols is 1. The number of fused-ring (bicyclic) bond motifs is 2. The maximum Gasteiger partial charge on any atom is 0.310 e. The number of amides is 1. The number of carbonyl (C=O) groups excluding carboxylic acids is 2. The molecule has 0 spiro atoms. The number of esters is 1. The van der Waals surface area contributed by atoms with Crippen LogP contribution in [0.2, 0.25) is 0 Å². The molecule has 1 atom stereocenters. The molecule has 0 bridgehead atoms. The minimum atomic E-state index is -0.529. The van der Waals surface area contributed by atoms with E-state index in [1.54, 1.807) is 6.07 Å². The van der Waals surface area contributed by atoms with Gasteiger partial charge in [0.2, 0.25) is 0 Å². The van der Waals surface area contributed by atoms with E-state index in [9.17, 15) is 14.7 Å². The van der Waals surface area contributed by atoms with Crippen molar-refractivity contribution in [1.29, 1.82) is 0 Å². The second kappa shape index (κ2) is 8.29. The van der Waals surface area contributed by atoms with E-state index in [0.717, 1.165) is 21.7 Å². The van der Waals surface area contributed by atoms with Gasteiger partial charge in [-0.15, -0.1) is 0 Å². The van der Waals surface area contributed by atoms with Gasteiger partial charge in [-0.3, -0.25) is 9.59 Å². The molecule has 0 fully saturated rings. The predicted octanol–water partition coefficient (Wildman–Crippen LogP) is 4.25. The highest BCUT2D eigenvalue weighted by Gasteiger charge is 2.16.